The van der Waals surface area contributed by atoms with E-state index in [4.69, 9.17) is 4.74 Å². The van der Waals surface area contributed by atoms with Crippen LogP contribution in [0.5, 0.6) is 5.75 Å². The number of ether oxygens (including phenoxy) is 1. The van der Waals surface area contributed by atoms with Crippen molar-refractivity contribution in [2.24, 2.45) is 0 Å². The SMILES string of the molecule is CC(C)c1cc(OCCn2cncn2)cc(C(C)C)c1. The Morgan fingerprint density at radius 2 is 1.70 bits per heavy atom. The maximum atomic E-state index is 5.87. The third kappa shape index (κ3) is 3.83. The fourth-order valence-electron chi connectivity index (χ4n) is 2.00. The summed E-state index contributed by atoms with van der Waals surface area (Å²) in [5.74, 6) is 1.96. The third-order valence-corrected chi connectivity index (χ3v) is 3.34. The second-order valence-electron chi connectivity index (χ2n) is 5.65. The molecule has 0 aliphatic heterocycles. The van der Waals surface area contributed by atoms with Crippen molar-refractivity contribution < 1.29 is 4.74 Å². The van der Waals surface area contributed by atoms with Gasteiger partial charge in [0.2, 0.25) is 0 Å². The number of hydrogen-bond donors (Lipinski definition) is 0. The molecule has 4 heteroatoms. The maximum Gasteiger partial charge on any atom is 0.137 e. The topological polar surface area (TPSA) is 39.9 Å². The number of nitrogens with zero attached hydrogens (tertiary/aromatic N) is 3. The minimum absolute atomic E-state index is 0.506. The fraction of sp³-hybridized carbons (Fsp3) is 0.500. The van der Waals surface area contributed by atoms with Crippen LogP contribution >= 0.6 is 0 Å². The molecule has 0 saturated carbocycles. The van der Waals surface area contributed by atoms with Gasteiger partial charge in [0.25, 0.3) is 0 Å². The number of benzene rings is 1. The lowest BCUT2D eigenvalue weighted by Crippen LogP contribution is -2.09. The quantitative estimate of drug-likeness (QED) is 0.807. The van der Waals surface area contributed by atoms with Crippen LogP contribution in [0.2, 0.25) is 0 Å². The number of aromatic nitrogens is 3. The Balaban J connectivity index is 2.06. The highest BCUT2D eigenvalue weighted by Gasteiger charge is 2.08. The van der Waals surface area contributed by atoms with Crippen LogP contribution in [0.15, 0.2) is 30.9 Å². The van der Waals surface area contributed by atoms with Crippen LogP contribution in [0.3, 0.4) is 0 Å². The summed E-state index contributed by atoms with van der Waals surface area (Å²) in [4.78, 5) is 3.92. The summed E-state index contributed by atoms with van der Waals surface area (Å²) in [6, 6.07) is 6.55. The lowest BCUT2D eigenvalue weighted by molar-refractivity contribution is 0.290. The molecule has 0 fully saturated rings. The number of hydrogen-bond acceptors (Lipinski definition) is 3. The zero-order chi connectivity index (χ0) is 14.5. The van der Waals surface area contributed by atoms with Crippen molar-refractivity contribution in [1.29, 1.82) is 0 Å². The molecule has 0 N–H and O–H groups in total. The van der Waals surface area contributed by atoms with Crippen molar-refractivity contribution in [1.82, 2.24) is 14.8 Å². The molecule has 0 saturated heterocycles. The first-order chi connectivity index (χ1) is 9.56. The van der Waals surface area contributed by atoms with Crippen LogP contribution < -0.4 is 4.74 Å². The van der Waals surface area contributed by atoms with Crippen molar-refractivity contribution in [3.63, 3.8) is 0 Å². The van der Waals surface area contributed by atoms with E-state index >= 15 is 0 Å². The molecule has 0 atom stereocenters. The van der Waals surface area contributed by atoms with Gasteiger partial charge in [-0.25, -0.2) is 9.67 Å². The Kier molecular flexibility index (Phi) is 4.77. The smallest absolute Gasteiger partial charge is 0.137 e. The summed E-state index contributed by atoms with van der Waals surface area (Å²) in [5, 5.41) is 4.06. The first-order valence-electron chi connectivity index (χ1n) is 7.16. The molecule has 1 aromatic carbocycles. The molecule has 4 nitrogen and oxygen atoms in total. The Hall–Kier alpha value is -1.84. The van der Waals surface area contributed by atoms with Gasteiger partial charge in [0.1, 0.15) is 25.0 Å². The zero-order valence-electron chi connectivity index (χ0n) is 12.7. The largest absolute Gasteiger partial charge is 0.492 e. The first-order valence-corrected chi connectivity index (χ1v) is 7.16. The van der Waals surface area contributed by atoms with Crippen molar-refractivity contribution >= 4 is 0 Å². The van der Waals surface area contributed by atoms with Crippen LogP contribution in [0.4, 0.5) is 0 Å². The monoisotopic (exact) mass is 273 g/mol. The van der Waals surface area contributed by atoms with Crippen molar-refractivity contribution in [3.8, 4) is 5.75 Å². The first kappa shape index (κ1) is 14.6. The van der Waals surface area contributed by atoms with E-state index in [1.54, 1.807) is 11.0 Å². The molecule has 108 valence electrons. The molecule has 0 aliphatic carbocycles. The van der Waals surface area contributed by atoms with Gasteiger partial charge in [-0.1, -0.05) is 33.8 Å². The van der Waals surface area contributed by atoms with Crippen molar-refractivity contribution in [2.75, 3.05) is 6.61 Å². The van der Waals surface area contributed by atoms with Crippen molar-refractivity contribution in [2.45, 2.75) is 46.1 Å². The van der Waals surface area contributed by atoms with Crippen LogP contribution in [0.25, 0.3) is 0 Å². The molecule has 1 aromatic heterocycles. The van der Waals surface area contributed by atoms with E-state index in [1.807, 2.05) is 0 Å². The van der Waals surface area contributed by atoms with E-state index in [1.165, 1.54) is 17.5 Å². The van der Waals surface area contributed by atoms with Gasteiger partial charge in [-0.3, -0.25) is 0 Å². The summed E-state index contributed by atoms with van der Waals surface area (Å²) < 4.78 is 7.65. The van der Waals surface area contributed by atoms with Crippen LogP contribution in [-0.4, -0.2) is 21.4 Å². The summed E-state index contributed by atoms with van der Waals surface area (Å²) in [5.41, 5.74) is 2.65. The molecule has 20 heavy (non-hydrogen) atoms. The molecule has 0 bridgehead atoms. The van der Waals surface area contributed by atoms with E-state index in [2.05, 4.69) is 56.0 Å². The van der Waals surface area contributed by atoms with Gasteiger partial charge in [-0.15, -0.1) is 0 Å². The highest BCUT2D eigenvalue weighted by Crippen LogP contribution is 2.27. The average molecular weight is 273 g/mol. The summed E-state index contributed by atoms with van der Waals surface area (Å²) in [7, 11) is 0. The molecule has 0 spiro atoms. The van der Waals surface area contributed by atoms with E-state index in [0.29, 0.717) is 25.0 Å². The highest BCUT2D eigenvalue weighted by molar-refractivity contribution is 5.37. The van der Waals surface area contributed by atoms with E-state index < -0.39 is 0 Å². The molecule has 0 unspecified atom stereocenters. The molecule has 0 aliphatic rings. The standard InChI is InChI=1S/C16H23N3O/c1-12(2)14-7-15(13(3)4)9-16(8-14)20-6-5-19-11-17-10-18-19/h7-13H,5-6H2,1-4H3. The predicted octanol–water partition coefficient (Wildman–Crippen LogP) is 3.60. The Bertz CT molecular complexity index is 506. The molecule has 0 amide bonds. The number of rotatable bonds is 6. The second kappa shape index (κ2) is 6.55. The normalized spacial score (nSPS) is 11.3. The summed E-state index contributed by atoms with van der Waals surface area (Å²) >= 11 is 0. The summed E-state index contributed by atoms with van der Waals surface area (Å²) in [6.07, 6.45) is 3.24. The second-order valence-corrected chi connectivity index (χ2v) is 5.65. The van der Waals surface area contributed by atoms with Crippen LogP contribution in [-0.2, 0) is 6.54 Å². The molecule has 2 aromatic rings. The van der Waals surface area contributed by atoms with Crippen LogP contribution in [0, 0.1) is 0 Å². The predicted molar refractivity (Wildman–Crippen MR) is 80.1 cm³/mol. The Morgan fingerprint density at radius 3 is 2.20 bits per heavy atom. The molecule has 1 heterocycles. The van der Waals surface area contributed by atoms with Gasteiger partial charge in [-0.05, 0) is 35.1 Å². The highest BCUT2D eigenvalue weighted by atomic mass is 16.5. The van der Waals surface area contributed by atoms with E-state index in [0.717, 1.165) is 5.75 Å². The van der Waals surface area contributed by atoms with Gasteiger partial charge in [0.15, 0.2) is 0 Å². The van der Waals surface area contributed by atoms with E-state index in [9.17, 15) is 0 Å². The minimum Gasteiger partial charge on any atom is -0.492 e. The Morgan fingerprint density at radius 1 is 1.05 bits per heavy atom. The van der Waals surface area contributed by atoms with Gasteiger partial charge >= 0.3 is 0 Å². The average Bonchev–Trinajstić information content (AvgIpc) is 2.91. The van der Waals surface area contributed by atoms with E-state index in [-0.39, 0.29) is 0 Å². The fourth-order valence-corrected chi connectivity index (χ4v) is 2.00. The maximum absolute atomic E-state index is 5.87. The third-order valence-electron chi connectivity index (χ3n) is 3.34. The van der Waals surface area contributed by atoms with Gasteiger partial charge in [0.05, 0.1) is 6.54 Å². The molecular weight excluding hydrogens is 250 g/mol. The summed E-state index contributed by atoms with van der Waals surface area (Å²) in [6.45, 7) is 10.1. The molecule has 2 rings (SSSR count). The molecule has 0 radical (unpaired) electrons. The van der Waals surface area contributed by atoms with Gasteiger partial charge in [-0.2, -0.15) is 5.10 Å². The lowest BCUT2D eigenvalue weighted by atomic mass is 9.95. The minimum atomic E-state index is 0.506. The van der Waals surface area contributed by atoms with Gasteiger partial charge in [0, 0.05) is 0 Å². The van der Waals surface area contributed by atoms with Gasteiger partial charge < -0.3 is 4.74 Å². The van der Waals surface area contributed by atoms with Crippen molar-refractivity contribution in [3.05, 3.63) is 42.0 Å². The lowest BCUT2D eigenvalue weighted by Gasteiger charge is -2.15. The molecular formula is C16H23N3O. The Labute approximate surface area is 120 Å². The van der Waals surface area contributed by atoms with Crippen LogP contribution in [0.1, 0.15) is 50.7 Å². The zero-order valence-corrected chi connectivity index (χ0v) is 12.7.